The molecule has 0 aliphatic heterocycles. The molecule has 2 aromatic rings. The smallest absolute Gasteiger partial charge is 0.306 e. The number of anilines is 1. The Balaban J connectivity index is 2.05. The third kappa shape index (κ3) is 4.81. The van der Waals surface area contributed by atoms with Crippen molar-refractivity contribution in [2.75, 3.05) is 11.1 Å². The highest BCUT2D eigenvalue weighted by Gasteiger charge is 2.17. The molecule has 9 heteroatoms. The Morgan fingerprint density at radius 1 is 1.42 bits per heavy atom. The summed E-state index contributed by atoms with van der Waals surface area (Å²) in [5, 5.41) is 14.1. The van der Waals surface area contributed by atoms with Crippen LogP contribution in [0.4, 0.5) is 15.8 Å². The molecule has 1 amide bonds. The minimum atomic E-state index is -0.941. The van der Waals surface area contributed by atoms with Gasteiger partial charge in [-0.15, -0.1) is 0 Å². The number of hydrogen-bond donors (Lipinski definition) is 1. The SMILES string of the molecule is Cc1nc(SCC(=O)Nc2ccc(F)c([N+](=O)[O-])c2)n(CC(C)C)c1C. The van der Waals surface area contributed by atoms with Crippen molar-refractivity contribution in [1.82, 2.24) is 9.55 Å². The van der Waals surface area contributed by atoms with Gasteiger partial charge in [0.2, 0.25) is 11.7 Å². The van der Waals surface area contributed by atoms with Gasteiger partial charge in [-0.25, -0.2) is 4.98 Å². The number of aryl methyl sites for hydroxylation is 1. The number of amides is 1. The average Bonchev–Trinajstić information content (AvgIpc) is 2.82. The van der Waals surface area contributed by atoms with Gasteiger partial charge in [0.25, 0.3) is 0 Å². The van der Waals surface area contributed by atoms with Crippen molar-refractivity contribution in [2.24, 2.45) is 5.92 Å². The summed E-state index contributed by atoms with van der Waals surface area (Å²) in [5.74, 6) is -0.747. The first-order valence-corrected chi connectivity index (χ1v) is 9.08. The minimum Gasteiger partial charge on any atom is -0.325 e. The lowest BCUT2D eigenvalue weighted by Crippen LogP contribution is -2.15. The van der Waals surface area contributed by atoms with Crippen molar-refractivity contribution in [3.63, 3.8) is 0 Å². The number of benzene rings is 1. The van der Waals surface area contributed by atoms with Crippen LogP contribution in [0.1, 0.15) is 25.2 Å². The number of aromatic nitrogens is 2. The van der Waals surface area contributed by atoms with Crippen LogP contribution in [0.2, 0.25) is 0 Å². The number of hydrogen-bond acceptors (Lipinski definition) is 5. The van der Waals surface area contributed by atoms with Gasteiger partial charge in [0.1, 0.15) is 0 Å². The highest BCUT2D eigenvalue weighted by atomic mass is 32.2. The monoisotopic (exact) mass is 380 g/mol. The molecule has 0 atom stereocenters. The van der Waals surface area contributed by atoms with E-state index in [-0.39, 0.29) is 17.3 Å². The molecule has 0 unspecified atom stereocenters. The first-order valence-electron chi connectivity index (χ1n) is 8.09. The van der Waals surface area contributed by atoms with Crippen molar-refractivity contribution in [2.45, 2.75) is 39.4 Å². The van der Waals surface area contributed by atoms with Crippen molar-refractivity contribution in [3.05, 3.63) is 45.5 Å². The number of nitrogens with zero attached hydrogens (tertiary/aromatic N) is 3. The average molecular weight is 380 g/mol. The second-order valence-electron chi connectivity index (χ2n) is 6.33. The van der Waals surface area contributed by atoms with E-state index in [0.29, 0.717) is 5.92 Å². The number of nitro benzene ring substituents is 1. The van der Waals surface area contributed by atoms with E-state index in [4.69, 9.17) is 0 Å². The molecular weight excluding hydrogens is 359 g/mol. The fourth-order valence-corrected chi connectivity index (χ4v) is 3.27. The van der Waals surface area contributed by atoms with E-state index in [0.717, 1.165) is 35.2 Å². The van der Waals surface area contributed by atoms with E-state index in [1.54, 1.807) is 0 Å². The Kier molecular flexibility index (Phi) is 6.36. The molecule has 1 aromatic carbocycles. The molecule has 0 saturated heterocycles. The van der Waals surface area contributed by atoms with Gasteiger partial charge in [0.05, 0.1) is 16.4 Å². The summed E-state index contributed by atoms with van der Waals surface area (Å²) in [6.45, 7) is 8.94. The number of carbonyl (C=O) groups is 1. The maximum Gasteiger partial charge on any atom is 0.306 e. The van der Waals surface area contributed by atoms with E-state index in [1.807, 2.05) is 13.8 Å². The largest absolute Gasteiger partial charge is 0.325 e. The van der Waals surface area contributed by atoms with Crippen molar-refractivity contribution in [1.29, 1.82) is 0 Å². The minimum absolute atomic E-state index is 0.0964. The molecule has 140 valence electrons. The molecule has 1 aromatic heterocycles. The van der Waals surface area contributed by atoms with Crippen LogP contribution in [0.15, 0.2) is 23.4 Å². The first-order chi connectivity index (χ1) is 12.2. The second kappa shape index (κ2) is 8.31. The van der Waals surface area contributed by atoms with Crippen LogP contribution in [0.25, 0.3) is 0 Å². The summed E-state index contributed by atoms with van der Waals surface area (Å²) in [6.07, 6.45) is 0. The van der Waals surface area contributed by atoms with Crippen LogP contribution >= 0.6 is 11.8 Å². The third-order valence-corrected chi connectivity index (χ3v) is 4.71. The fraction of sp³-hybridized carbons (Fsp3) is 0.412. The van der Waals surface area contributed by atoms with Crippen LogP contribution in [-0.4, -0.2) is 26.1 Å². The van der Waals surface area contributed by atoms with E-state index in [9.17, 15) is 19.3 Å². The third-order valence-electron chi connectivity index (χ3n) is 3.73. The van der Waals surface area contributed by atoms with Gasteiger partial charge in [0.15, 0.2) is 5.16 Å². The zero-order valence-electron chi connectivity index (χ0n) is 15.1. The van der Waals surface area contributed by atoms with E-state index in [2.05, 4.69) is 28.7 Å². The molecule has 26 heavy (non-hydrogen) atoms. The van der Waals surface area contributed by atoms with Crippen molar-refractivity contribution < 1.29 is 14.1 Å². The molecule has 1 N–H and O–H groups in total. The molecule has 7 nitrogen and oxygen atoms in total. The lowest BCUT2D eigenvalue weighted by atomic mass is 10.2. The summed E-state index contributed by atoms with van der Waals surface area (Å²) in [6, 6.07) is 3.26. The normalized spacial score (nSPS) is 11.0. The number of imidazole rings is 1. The Morgan fingerprint density at radius 3 is 2.73 bits per heavy atom. The van der Waals surface area contributed by atoms with Crippen LogP contribution in [0, 0.1) is 35.7 Å². The molecule has 0 aliphatic rings. The predicted molar refractivity (Wildman–Crippen MR) is 98.9 cm³/mol. The molecule has 0 aliphatic carbocycles. The predicted octanol–water partition coefficient (Wildman–Crippen LogP) is 3.93. The highest BCUT2D eigenvalue weighted by molar-refractivity contribution is 7.99. The van der Waals surface area contributed by atoms with Crippen LogP contribution in [0.5, 0.6) is 0 Å². The number of nitrogens with one attached hydrogen (secondary N) is 1. The summed E-state index contributed by atoms with van der Waals surface area (Å²) >= 11 is 1.30. The lowest BCUT2D eigenvalue weighted by molar-refractivity contribution is -0.387. The number of halogens is 1. The molecule has 2 rings (SSSR count). The van der Waals surface area contributed by atoms with E-state index >= 15 is 0 Å². The van der Waals surface area contributed by atoms with Gasteiger partial charge in [-0.3, -0.25) is 14.9 Å². The number of nitro groups is 1. The van der Waals surface area contributed by atoms with Crippen LogP contribution in [0.3, 0.4) is 0 Å². The molecule has 0 radical (unpaired) electrons. The number of carbonyl (C=O) groups excluding carboxylic acids is 1. The van der Waals surface area contributed by atoms with Crippen LogP contribution in [-0.2, 0) is 11.3 Å². The Hall–Kier alpha value is -2.42. The summed E-state index contributed by atoms with van der Waals surface area (Å²) in [5.41, 5.74) is 1.49. The van der Waals surface area contributed by atoms with Crippen molar-refractivity contribution in [3.8, 4) is 0 Å². The van der Waals surface area contributed by atoms with Gasteiger partial charge < -0.3 is 9.88 Å². The molecule has 0 saturated carbocycles. The first kappa shape index (κ1) is 19.9. The molecule has 0 spiro atoms. The second-order valence-corrected chi connectivity index (χ2v) is 7.27. The summed E-state index contributed by atoms with van der Waals surface area (Å²) in [7, 11) is 0. The zero-order chi connectivity index (χ0) is 19.4. The van der Waals surface area contributed by atoms with E-state index in [1.165, 1.54) is 17.8 Å². The van der Waals surface area contributed by atoms with Crippen molar-refractivity contribution >= 4 is 29.0 Å². The lowest BCUT2D eigenvalue weighted by Gasteiger charge is -2.12. The fourth-order valence-electron chi connectivity index (χ4n) is 2.37. The quantitative estimate of drug-likeness (QED) is 0.446. The van der Waals surface area contributed by atoms with Gasteiger partial charge in [0, 0.05) is 24.0 Å². The number of rotatable bonds is 7. The summed E-state index contributed by atoms with van der Waals surface area (Å²) in [4.78, 5) is 26.6. The standard InChI is InChI=1S/C17H21FN4O3S/c1-10(2)8-21-12(4)11(3)19-17(21)26-9-16(23)20-13-5-6-14(18)15(7-13)22(24)25/h5-7,10H,8-9H2,1-4H3,(H,20,23). The molecule has 1 heterocycles. The Bertz CT molecular complexity index is 836. The molecule has 0 fully saturated rings. The molecular formula is C17H21FN4O3S. The van der Waals surface area contributed by atoms with E-state index < -0.39 is 16.4 Å². The number of thioether (sulfide) groups is 1. The van der Waals surface area contributed by atoms with Gasteiger partial charge in [-0.2, -0.15) is 4.39 Å². The van der Waals surface area contributed by atoms with Gasteiger partial charge >= 0.3 is 5.69 Å². The highest BCUT2D eigenvalue weighted by Crippen LogP contribution is 2.24. The zero-order valence-corrected chi connectivity index (χ0v) is 15.9. The van der Waals surface area contributed by atoms with Crippen LogP contribution < -0.4 is 5.32 Å². The van der Waals surface area contributed by atoms with Gasteiger partial charge in [-0.1, -0.05) is 25.6 Å². The maximum atomic E-state index is 13.3. The topological polar surface area (TPSA) is 90.1 Å². The molecule has 0 bridgehead atoms. The van der Waals surface area contributed by atoms with Gasteiger partial charge in [-0.05, 0) is 31.9 Å². The Labute approximate surface area is 155 Å². The Morgan fingerprint density at radius 2 is 2.12 bits per heavy atom. The maximum absolute atomic E-state index is 13.3. The summed E-state index contributed by atoms with van der Waals surface area (Å²) < 4.78 is 15.4.